The van der Waals surface area contributed by atoms with E-state index in [0.717, 1.165) is 10.8 Å². The summed E-state index contributed by atoms with van der Waals surface area (Å²) in [5.74, 6) is 1.07. The Morgan fingerprint density at radius 1 is 0.551 bits per heavy atom. The number of ether oxygens (including phenoxy) is 4. The molecule has 0 radical (unpaired) electrons. The van der Waals surface area contributed by atoms with E-state index in [-0.39, 0.29) is 17.1 Å². The number of amides is 1. The summed E-state index contributed by atoms with van der Waals surface area (Å²) in [6.45, 7) is 0. The number of nitriles is 1. The molecule has 2 aliphatic rings. The van der Waals surface area contributed by atoms with Crippen molar-refractivity contribution in [3.8, 4) is 51.3 Å². The molecule has 0 spiro atoms. The van der Waals surface area contributed by atoms with Crippen LogP contribution in [0, 0.1) is 11.3 Å². The van der Waals surface area contributed by atoms with Crippen molar-refractivity contribution in [3.05, 3.63) is 118 Å². The molecule has 0 heterocycles. The molecular weight excluding hydrogens is 620 g/mol. The van der Waals surface area contributed by atoms with Gasteiger partial charge in [0, 0.05) is 49.9 Å². The van der Waals surface area contributed by atoms with Crippen molar-refractivity contribution < 1.29 is 33.3 Å². The van der Waals surface area contributed by atoms with Gasteiger partial charge in [-0.1, -0.05) is 72.8 Å². The van der Waals surface area contributed by atoms with Crippen LogP contribution in [0.5, 0.6) is 23.0 Å². The predicted molar refractivity (Wildman–Crippen MR) is 185 cm³/mol. The Morgan fingerprint density at radius 2 is 1.00 bits per heavy atom. The van der Waals surface area contributed by atoms with E-state index in [1.165, 1.54) is 14.2 Å². The fraction of sp³-hybridized carbons (Fsp3) is 0.100. The molecule has 0 atom stereocenters. The molecule has 2 aliphatic carbocycles. The van der Waals surface area contributed by atoms with Gasteiger partial charge in [0.1, 0.15) is 34.6 Å². The summed E-state index contributed by atoms with van der Waals surface area (Å²) in [6.07, 6.45) is 0. The minimum atomic E-state index is -0.605. The molecule has 0 aromatic heterocycles. The lowest BCUT2D eigenvalue weighted by Gasteiger charge is -2.16. The van der Waals surface area contributed by atoms with Crippen molar-refractivity contribution in [2.24, 2.45) is 5.73 Å². The molecule has 6 aromatic rings. The van der Waals surface area contributed by atoms with Crippen molar-refractivity contribution in [3.63, 3.8) is 0 Å². The standard InChI is InChI=1S/C20H15NO4.C20H13NO3/c1-24-13-9-5-8-12-14(13)17-15(18(12)22)10-6-3-4-7-11(10)16(20(21)23)19(17)25-2;1-23-15-9-5-8-13-16(15)18-17(19(13)22)12-7-4-3-6-11(12)14(10-21)20(18)24-2/h3-9H,1-2H3,(H2,21,23);3-9H,1-2H3. The molecule has 0 unspecified atom stereocenters. The number of methoxy groups -OCH3 is 4. The van der Waals surface area contributed by atoms with Gasteiger partial charge in [-0.15, -0.1) is 0 Å². The molecule has 8 rings (SSSR count). The Bertz CT molecular complexity index is 2480. The largest absolute Gasteiger partial charge is 0.496 e. The van der Waals surface area contributed by atoms with Crippen LogP contribution in [0.3, 0.4) is 0 Å². The normalized spacial score (nSPS) is 11.9. The van der Waals surface area contributed by atoms with Gasteiger partial charge in [0.15, 0.2) is 11.6 Å². The first kappa shape index (κ1) is 31.0. The quantitative estimate of drug-likeness (QED) is 0.208. The van der Waals surface area contributed by atoms with Crippen LogP contribution in [0.4, 0.5) is 0 Å². The second-order valence-corrected chi connectivity index (χ2v) is 11.3. The zero-order chi connectivity index (χ0) is 34.6. The van der Waals surface area contributed by atoms with Gasteiger partial charge < -0.3 is 24.7 Å². The van der Waals surface area contributed by atoms with Crippen molar-refractivity contribution >= 4 is 39.0 Å². The second-order valence-electron chi connectivity index (χ2n) is 11.3. The topological polar surface area (TPSA) is 138 Å². The van der Waals surface area contributed by atoms with Gasteiger partial charge in [-0.05, 0) is 28.3 Å². The minimum Gasteiger partial charge on any atom is -0.496 e. The number of hydrogen-bond donors (Lipinski definition) is 1. The Kier molecular flexibility index (Phi) is 7.49. The molecule has 1 amide bonds. The summed E-state index contributed by atoms with van der Waals surface area (Å²) in [5, 5.41) is 12.4. The minimum absolute atomic E-state index is 0.0714. The Balaban J connectivity index is 0.000000154. The third-order valence-corrected chi connectivity index (χ3v) is 9.04. The summed E-state index contributed by atoms with van der Waals surface area (Å²) < 4.78 is 22.0. The summed E-state index contributed by atoms with van der Waals surface area (Å²) in [5.41, 5.74) is 11.1. The third kappa shape index (κ3) is 4.35. The molecule has 9 nitrogen and oxygen atoms in total. The van der Waals surface area contributed by atoms with E-state index < -0.39 is 5.91 Å². The summed E-state index contributed by atoms with van der Waals surface area (Å²) >= 11 is 0. The number of carbonyl (C=O) groups is 3. The number of hydrogen-bond acceptors (Lipinski definition) is 8. The van der Waals surface area contributed by atoms with E-state index in [2.05, 4.69) is 6.07 Å². The average molecular weight is 649 g/mol. The molecule has 0 fully saturated rings. The van der Waals surface area contributed by atoms with E-state index in [4.69, 9.17) is 24.7 Å². The molecule has 0 saturated heterocycles. The third-order valence-electron chi connectivity index (χ3n) is 9.04. The van der Waals surface area contributed by atoms with Crippen molar-refractivity contribution in [1.82, 2.24) is 0 Å². The monoisotopic (exact) mass is 648 g/mol. The SMILES string of the molecule is COc1cccc2c1-c1c(OC)c(C#N)c3ccccc3c1C2=O.COc1cccc2c1-c1c(OC)c(C(N)=O)c3ccccc3c1C2=O. The van der Waals surface area contributed by atoms with E-state index >= 15 is 0 Å². The zero-order valence-electron chi connectivity index (χ0n) is 27.0. The van der Waals surface area contributed by atoms with Crippen LogP contribution in [-0.2, 0) is 0 Å². The van der Waals surface area contributed by atoms with Gasteiger partial charge in [0.25, 0.3) is 5.91 Å². The number of carbonyl (C=O) groups excluding carboxylic acids is 3. The average Bonchev–Trinajstić information content (AvgIpc) is 3.61. The smallest absolute Gasteiger partial charge is 0.253 e. The molecule has 9 heteroatoms. The zero-order valence-corrected chi connectivity index (χ0v) is 27.0. The summed E-state index contributed by atoms with van der Waals surface area (Å²) in [4.78, 5) is 38.3. The van der Waals surface area contributed by atoms with Crippen molar-refractivity contribution in [2.75, 3.05) is 28.4 Å². The number of fused-ring (bicyclic) bond motifs is 10. The van der Waals surface area contributed by atoms with Gasteiger partial charge in [-0.2, -0.15) is 5.26 Å². The van der Waals surface area contributed by atoms with Crippen LogP contribution < -0.4 is 24.7 Å². The van der Waals surface area contributed by atoms with Crippen LogP contribution in [-0.4, -0.2) is 45.9 Å². The highest BCUT2D eigenvalue weighted by atomic mass is 16.5. The van der Waals surface area contributed by atoms with Crippen LogP contribution in [0.25, 0.3) is 43.8 Å². The highest BCUT2D eigenvalue weighted by Gasteiger charge is 2.38. The second kappa shape index (κ2) is 11.9. The van der Waals surface area contributed by atoms with Gasteiger partial charge in [-0.25, -0.2) is 0 Å². The van der Waals surface area contributed by atoms with E-state index in [1.807, 2.05) is 42.5 Å². The number of rotatable bonds is 5. The number of ketones is 2. The molecule has 0 saturated carbocycles. The summed E-state index contributed by atoms with van der Waals surface area (Å²) in [7, 11) is 6.09. The fourth-order valence-electron chi connectivity index (χ4n) is 7.11. The van der Waals surface area contributed by atoms with Crippen LogP contribution >= 0.6 is 0 Å². The van der Waals surface area contributed by atoms with Crippen LogP contribution in [0.2, 0.25) is 0 Å². The first-order valence-corrected chi connectivity index (χ1v) is 15.2. The molecule has 49 heavy (non-hydrogen) atoms. The maximum Gasteiger partial charge on any atom is 0.253 e. The lowest BCUT2D eigenvalue weighted by atomic mass is 9.92. The van der Waals surface area contributed by atoms with E-state index in [9.17, 15) is 19.6 Å². The Morgan fingerprint density at radius 3 is 1.45 bits per heavy atom. The summed E-state index contributed by atoms with van der Waals surface area (Å²) in [6, 6.07) is 27.5. The van der Waals surface area contributed by atoms with Crippen LogP contribution in [0.15, 0.2) is 84.9 Å². The number of primary amides is 1. The first-order valence-electron chi connectivity index (χ1n) is 15.2. The molecular formula is C40H28N2O7. The van der Waals surface area contributed by atoms with Crippen LogP contribution in [0.1, 0.15) is 47.8 Å². The maximum atomic E-state index is 13.1. The van der Waals surface area contributed by atoms with Gasteiger partial charge in [0.2, 0.25) is 0 Å². The highest BCUT2D eigenvalue weighted by Crippen LogP contribution is 2.53. The fourth-order valence-corrected chi connectivity index (χ4v) is 7.11. The number of nitrogens with zero attached hydrogens (tertiary/aromatic N) is 1. The maximum absolute atomic E-state index is 13.1. The molecule has 6 aromatic carbocycles. The molecule has 240 valence electrons. The first-order chi connectivity index (χ1) is 23.8. The van der Waals surface area contributed by atoms with Gasteiger partial charge in [0.05, 0.1) is 34.0 Å². The Labute approximate surface area is 281 Å². The molecule has 0 aliphatic heterocycles. The van der Waals surface area contributed by atoms with Crippen molar-refractivity contribution in [2.45, 2.75) is 0 Å². The Hall–Kier alpha value is -6.66. The van der Waals surface area contributed by atoms with E-state index in [0.29, 0.717) is 83.8 Å². The van der Waals surface area contributed by atoms with Crippen molar-refractivity contribution in [1.29, 1.82) is 5.26 Å². The van der Waals surface area contributed by atoms with Gasteiger partial charge in [-0.3, -0.25) is 14.4 Å². The van der Waals surface area contributed by atoms with Gasteiger partial charge >= 0.3 is 0 Å². The number of nitrogens with two attached hydrogens (primary N) is 1. The highest BCUT2D eigenvalue weighted by molar-refractivity contribution is 6.32. The molecule has 0 bridgehead atoms. The lowest BCUT2D eigenvalue weighted by molar-refractivity contribution is 0.0995. The predicted octanol–water partition coefficient (Wildman–Crippen LogP) is 7.11. The lowest BCUT2D eigenvalue weighted by Crippen LogP contribution is -2.14. The van der Waals surface area contributed by atoms with E-state index in [1.54, 1.807) is 56.7 Å². The molecule has 2 N–H and O–H groups in total. The number of benzene rings is 6.